The van der Waals surface area contributed by atoms with Crippen molar-refractivity contribution in [1.29, 1.82) is 0 Å². The molecule has 9 heteroatoms. The fourth-order valence-corrected chi connectivity index (χ4v) is 3.56. The van der Waals surface area contributed by atoms with Crippen LogP contribution in [-0.2, 0) is 25.4 Å². The minimum Gasteiger partial charge on any atom is -0.403 e. The van der Waals surface area contributed by atoms with Gasteiger partial charge >= 0.3 is 6.36 Å². The summed E-state index contributed by atoms with van der Waals surface area (Å²) in [6, 6.07) is 3.40. The Morgan fingerprint density at radius 3 is 2.30 bits per heavy atom. The topological polar surface area (TPSA) is 46.2 Å². The maximum atomic E-state index is 13.8. The van der Waals surface area contributed by atoms with Crippen LogP contribution in [0.3, 0.4) is 0 Å². The Balaban J connectivity index is 1.38. The maximum Gasteiger partial charge on any atom is 0.573 e. The first-order chi connectivity index (χ1) is 14.3. The third-order valence-electron chi connectivity index (χ3n) is 5.23. The summed E-state index contributed by atoms with van der Waals surface area (Å²) < 4.78 is 77.2. The number of hydrogen-bond acceptors (Lipinski definition) is 5. The lowest BCUT2D eigenvalue weighted by Crippen LogP contribution is -2.44. The van der Waals surface area contributed by atoms with Gasteiger partial charge in [-0.1, -0.05) is 25.8 Å². The van der Waals surface area contributed by atoms with Crippen molar-refractivity contribution in [1.82, 2.24) is 0 Å². The summed E-state index contributed by atoms with van der Waals surface area (Å²) in [6.45, 7) is 4.39. The van der Waals surface area contributed by atoms with Gasteiger partial charge in [0.15, 0.2) is 24.1 Å². The lowest BCUT2D eigenvalue weighted by molar-refractivity contribution is -0.281. The number of alkyl halides is 3. The fraction of sp³-hybridized carbons (Fsp3) is 0.714. The number of rotatable bonds is 8. The van der Waals surface area contributed by atoms with Gasteiger partial charge in [0, 0.05) is 12.3 Å². The van der Waals surface area contributed by atoms with E-state index >= 15 is 0 Å². The van der Waals surface area contributed by atoms with Gasteiger partial charge in [-0.2, -0.15) is 0 Å². The fourth-order valence-electron chi connectivity index (χ4n) is 3.56. The van der Waals surface area contributed by atoms with Gasteiger partial charge in [-0.25, -0.2) is 4.39 Å². The first-order valence-corrected chi connectivity index (χ1v) is 10.3. The molecular weight excluding hydrogens is 408 g/mol. The van der Waals surface area contributed by atoms with Crippen LogP contribution in [0.15, 0.2) is 18.2 Å². The summed E-state index contributed by atoms with van der Waals surface area (Å²) in [5.41, 5.74) is 0.536. The zero-order valence-corrected chi connectivity index (χ0v) is 17.0. The largest absolute Gasteiger partial charge is 0.573 e. The molecule has 2 heterocycles. The van der Waals surface area contributed by atoms with Crippen molar-refractivity contribution in [3.8, 4) is 5.75 Å². The molecule has 0 unspecified atom stereocenters. The molecule has 0 bridgehead atoms. The van der Waals surface area contributed by atoms with Gasteiger partial charge in [0.1, 0.15) is 0 Å². The highest BCUT2D eigenvalue weighted by molar-refractivity contribution is 5.29. The Hall–Kier alpha value is -1.42. The minimum absolute atomic E-state index is 0.00961. The van der Waals surface area contributed by atoms with Gasteiger partial charge in [0.25, 0.3) is 0 Å². The average molecular weight is 436 g/mol. The van der Waals surface area contributed by atoms with E-state index in [0.717, 1.165) is 25.0 Å². The number of hydrogen-bond donors (Lipinski definition) is 0. The Labute approximate surface area is 173 Å². The van der Waals surface area contributed by atoms with E-state index in [1.165, 1.54) is 12.5 Å². The van der Waals surface area contributed by atoms with Crippen molar-refractivity contribution in [2.24, 2.45) is 11.8 Å². The van der Waals surface area contributed by atoms with E-state index in [0.29, 0.717) is 50.8 Å². The van der Waals surface area contributed by atoms with E-state index in [1.54, 1.807) is 0 Å². The molecule has 5 nitrogen and oxygen atoms in total. The number of benzene rings is 1. The molecule has 2 saturated heterocycles. The Morgan fingerprint density at radius 1 is 1.00 bits per heavy atom. The van der Waals surface area contributed by atoms with Crippen molar-refractivity contribution < 1.29 is 41.2 Å². The summed E-state index contributed by atoms with van der Waals surface area (Å²) in [6.07, 6.45) is -1.44. The molecule has 0 radical (unpaired) electrons. The molecular formula is C21H28F4O5. The maximum absolute atomic E-state index is 13.8. The summed E-state index contributed by atoms with van der Waals surface area (Å²) >= 11 is 0. The molecule has 2 fully saturated rings. The van der Waals surface area contributed by atoms with E-state index in [1.807, 2.05) is 0 Å². The van der Waals surface area contributed by atoms with Gasteiger partial charge in [-0.15, -0.1) is 13.2 Å². The highest BCUT2D eigenvalue weighted by Crippen LogP contribution is 2.28. The second kappa shape index (κ2) is 10.7. The number of ether oxygens (including phenoxy) is 5. The third kappa shape index (κ3) is 7.08. The van der Waals surface area contributed by atoms with Gasteiger partial charge in [-0.3, -0.25) is 0 Å². The Kier molecular flexibility index (Phi) is 8.33. The number of aryl methyl sites for hydroxylation is 1. The molecule has 2 aliphatic heterocycles. The molecule has 3 rings (SSSR count). The number of halogens is 4. The van der Waals surface area contributed by atoms with Crippen LogP contribution in [0.2, 0.25) is 0 Å². The highest BCUT2D eigenvalue weighted by atomic mass is 19.4. The lowest BCUT2D eigenvalue weighted by Gasteiger charge is -2.37. The van der Waals surface area contributed by atoms with Crippen LogP contribution in [0.25, 0.3) is 0 Å². The third-order valence-corrected chi connectivity index (χ3v) is 5.23. The highest BCUT2D eigenvalue weighted by Gasteiger charge is 2.34. The van der Waals surface area contributed by atoms with Crippen molar-refractivity contribution >= 4 is 0 Å². The zero-order chi connectivity index (χ0) is 21.6. The smallest absolute Gasteiger partial charge is 0.403 e. The molecule has 170 valence electrons. The minimum atomic E-state index is -4.93. The second-order valence-electron chi connectivity index (χ2n) is 7.75. The van der Waals surface area contributed by atoms with Crippen LogP contribution in [0, 0.1) is 17.7 Å². The Morgan fingerprint density at radius 2 is 1.70 bits per heavy atom. The van der Waals surface area contributed by atoms with Crippen LogP contribution in [0.4, 0.5) is 17.6 Å². The van der Waals surface area contributed by atoms with E-state index < -0.39 is 24.2 Å². The van der Waals surface area contributed by atoms with Gasteiger partial charge in [-0.05, 0) is 30.5 Å². The van der Waals surface area contributed by atoms with Gasteiger partial charge in [0.2, 0.25) is 0 Å². The first kappa shape index (κ1) is 23.2. The number of unbranched alkanes of at least 4 members (excludes halogenated alkanes) is 1. The van der Waals surface area contributed by atoms with Crippen molar-refractivity contribution in [2.75, 3.05) is 26.4 Å². The predicted octanol–water partition coefficient (Wildman–Crippen LogP) is 4.83. The van der Waals surface area contributed by atoms with Crippen LogP contribution < -0.4 is 4.74 Å². The first-order valence-electron chi connectivity index (χ1n) is 10.3. The molecule has 0 saturated carbocycles. The molecule has 0 N–H and O–H groups in total. The quantitative estimate of drug-likeness (QED) is 0.547. The van der Waals surface area contributed by atoms with Crippen LogP contribution in [0.1, 0.15) is 38.2 Å². The van der Waals surface area contributed by atoms with Crippen LogP contribution in [-0.4, -0.2) is 45.4 Å². The van der Waals surface area contributed by atoms with E-state index in [9.17, 15) is 17.6 Å². The van der Waals surface area contributed by atoms with E-state index in [-0.39, 0.29) is 12.2 Å². The van der Waals surface area contributed by atoms with Gasteiger partial charge < -0.3 is 23.7 Å². The molecule has 2 aliphatic rings. The van der Waals surface area contributed by atoms with Gasteiger partial charge in [0.05, 0.1) is 32.3 Å². The summed E-state index contributed by atoms with van der Waals surface area (Å²) in [5.74, 6) is -1.47. The molecule has 1 aromatic carbocycles. The van der Waals surface area contributed by atoms with E-state index in [4.69, 9.17) is 18.9 Å². The lowest BCUT2D eigenvalue weighted by atomic mass is 10.0. The summed E-state index contributed by atoms with van der Waals surface area (Å²) in [7, 11) is 0. The molecule has 0 amide bonds. The molecule has 1 aromatic rings. The Bertz CT molecular complexity index is 653. The normalized spacial score (nSPS) is 27.8. The molecule has 0 atom stereocenters. The second-order valence-corrected chi connectivity index (χ2v) is 7.75. The average Bonchev–Trinajstić information content (AvgIpc) is 2.72. The van der Waals surface area contributed by atoms with Crippen molar-refractivity contribution in [3.63, 3.8) is 0 Å². The zero-order valence-electron chi connectivity index (χ0n) is 17.0. The standard InChI is InChI=1S/C21H28F4O5/c1-2-3-4-15-10-28-20(29-11-15)16-12-26-19(27-13-16)8-6-14-5-7-18(17(22)9-14)30-21(23,24)25/h5,7,9,15-16,19-20H,2-4,6,8,10-13H2,1H3/t15-,16-,19-,20-. The summed E-state index contributed by atoms with van der Waals surface area (Å²) in [4.78, 5) is 0. The molecule has 0 aromatic heterocycles. The van der Waals surface area contributed by atoms with Crippen LogP contribution in [0.5, 0.6) is 5.75 Å². The SMILES string of the molecule is CCCC[C@H]1CO[C@H]([C@H]2CO[C@H](CCc3ccc(OC(F)(F)F)c(F)c3)OC2)OC1. The van der Waals surface area contributed by atoms with E-state index in [2.05, 4.69) is 11.7 Å². The van der Waals surface area contributed by atoms with Crippen molar-refractivity contribution in [3.05, 3.63) is 29.6 Å². The monoisotopic (exact) mass is 436 g/mol. The van der Waals surface area contributed by atoms with Crippen molar-refractivity contribution in [2.45, 2.75) is 58.0 Å². The summed E-state index contributed by atoms with van der Waals surface area (Å²) in [5, 5.41) is 0. The molecule has 0 aliphatic carbocycles. The van der Waals surface area contributed by atoms with Crippen LogP contribution >= 0.6 is 0 Å². The molecule has 0 spiro atoms. The predicted molar refractivity (Wildman–Crippen MR) is 99.3 cm³/mol. The molecule has 30 heavy (non-hydrogen) atoms.